The molecule has 2 atom stereocenters. The van der Waals surface area contributed by atoms with Crippen LogP contribution in [0, 0.1) is 12.8 Å². The Bertz CT molecular complexity index is 582. The van der Waals surface area contributed by atoms with Crippen molar-refractivity contribution in [3.8, 4) is 0 Å². The molecule has 20 heavy (non-hydrogen) atoms. The summed E-state index contributed by atoms with van der Waals surface area (Å²) in [6.45, 7) is 1.99. The van der Waals surface area contributed by atoms with Gasteiger partial charge in [-0.05, 0) is 37.0 Å². The fourth-order valence-corrected chi connectivity index (χ4v) is 3.73. The number of likely N-dealkylation sites (tertiary alicyclic amines) is 1. The number of aliphatic carboxylic acids is 1. The van der Waals surface area contributed by atoms with Gasteiger partial charge in [-0.15, -0.1) is 0 Å². The van der Waals surface area contributed by atoms with Crippen LogP contribution in [0.1, 0.15) is 36.4 Å². The van der Waals surface area contributed by atoms with Crippen molar-refractivity contribution in [3.63, 3.8) is 0 Å². The van der Waals surface area contributed by atoms with Gasteiger partial charge in [-0.25, -0.2) is 0 Å². The van der Waals surface area contributed by atoms with Crippen molar-refractivity contribution < 1.29 is 14.7 Å². The van der Waals surface area contributed by atoms with Crippen molar-refractivity contribution in [3.05, 3.63) is 33.8 Å². The van der Waals surface area contributed by atoms with E-state index in [0.717, 1.165) is 28.4 Å². The van der Waals surface area contributed by atoms with Crippen LogP contribution >= 0.6 is 15.9 Å². The predicted molar refractivity (Wildman–Crippen MR) is 77.2 cm³/mol. The van der Waals surface area contributed by atoms with Crippen molar-refractivity contribution >= 4 is 27.8 Å². The molecule has 2 aliphatic rings. The summed E-state index contributed by atoms with van der Waals surface area (Å²) in [6, 6.07) is 5.76. The summed E-state index contributed by atoms with van der Waals surface area (Å²) in [5, 5.41) is 9.43. The maximum Gasteiger partial charge on any atom is 0.309 e. The summed E-state index contributed by atoms with van der Waals surface area (Å²) < 4.78 is 0.883. The minimum atomic E-state index is -0.890. The first-order valence-corrected chi connectivity index (χ1v) is 7.58. The lowest BCUT2D eigenvalue weighted by Gasteiger charge is -2.28. The molecule has 1 aliphatic heterocycles. The molecule has 0 spiro atoms. The van der Waals surface area contributed by atoms with Crippen molar-refractivity contribution in [1.29, 1.82) is 0 Å². The summed E-state index contributed by atoms with van der Waals surface area (Å²) in [7, 11) is 0. The van der Waals surface area contributed by atoms with Gasteiger partial charge in [-0.1, -0.05) is 28.1 Å². The monoisotopic (exact) mass is 337 g/mol. The van der Waals surface area contributed by atoms with E-state index < -0.39 is 11.9 Å². The third-order valence-corrected chi connectivity index (χ3v) is 4.78. The molecular formula is C15H16BrNO3. The van der Waals surface area contributed by atoms with Gasteiger partial charge in [0.15, 0.2) is 0 Å². The van der Waals surface area contributed by atoms with Crippen molar-refractivity contribution in [2.24, 2.45) is 5.92 Å². The zero-order chi connectivity index (χ0) is 14.4. The number of hydrogen-bond acceptors (Lipinski definition) is 2. The molecule has 106 valence electrons. The van der Waals surface area contributed by atoms with Crippen LogP contribution in [0.25, 0.3) is 0 Å². The van der Waals surface area contributed by atoms with Crippen LogP contribution in [-0.2, 0) is 9.59 Å². The second-order valence-electron chi connectivity index (χ2n) is 5.65. The van der Waals surface area contributed by atoms with E-state index in [4.69, 9.17) is 0 Å². The highest BCUT2D eigenvalue weighted by Gasteiger charge is 2.50. The van der Waals surface area contributed by atoms with E-state index in [9.17, 15) is 14.7 Å². The zero-order valence-electron chi connectivity index (χ0n) is 11.2. The lowest BCUT2D eigenvalue weighted by atomic mass is 9.93. The third-order valence-electron chi connectivity index (χ3n) is 4.10. The number of carbonyl (C=O) groups is 2. The van der Waals surface area contributed by atoms with Crippen LogP contribution < -0.4 is 0 Å². The van der Waals surface area contributed by atoms with E-state index in [-0.39, 0.29) is 24.4 Å². The first-order valence-electron chi connectivity index (χ1n) is 6.79. The fourth-order valence-electron chi connectivity index (χ4n) is 3.00. The second-order valence-corrected chi connectivity index (χ2v) is 6.51. The van der Waals surface area contributed by atoms with Gasteiger partial charge >= 0.3 is 5.97 Å². The zero-order valence-corrected chi connectivity index (χ0v) is 12.8. The second kappa shape index (κ2) is 4.88. The molecule has 5 heteroatoms. The normalized spacial score (nSPS) is 26.1. The number of amides is 1. The molecule has 1 aromatic carbocycles. The van der Waals surface area contributed by atoms with Gasteiger partial charge in [0.05, 0.1) is 12.0 Å². The molecule has 1 saturated heterocycles. The SMILES string of the molecule is Cc1ccc(C2C(C(=O)O)CC(=O)N2C2CC2)c(Br)c1. The van der Waals surface area contributed by atoms with Gasteiger partial charge in [-0.3, -0.25) is 9.59 Å². The van der Waals surface area contributed by atoms with Crippen molar-refractivity contribution in [2.45, 2.75) is 38.3 Å². The number of nitrogens with zero attached hydrogens (tertiary/aromatic N) is 1. The number of carboxylic acid groups (broad SMARTS) is 1. The summed E-state index contributed by atoms with van der Waals surface area (Å²) in [5.74, 6) is -1.57. The summed E-state index contributed by atoms with van der Waals surface area (Å²) in [5.41, 5.74) is 2.01. The number of hydrogen-bond donors (Lipinski definition) is 1. The quantitative estimate of drug-likeness (QED) is 0.922. The van der Waals surface area contributed by atoms with E-state index in [2.05, 4.69) is 15.9 Å². The first kappa shape index (κ1) is 13.6. The minimum Gasteiger partial charge on any atom is -0.481 e. The van der Waals surface area contributed by atoms with E-state index in [1.165, 1.54) is 0 Å². The van der Waals surface area contributed by atoms with Gasteiger partial charge in [0.2, 0.25) is 5.91 Å². The van der Waals surface area contributed by atoms with E-state index in [0.29, 0.717) is 0 Å². The lowest BCUT2D eigenvalue weighted by molar-refractivity contribution is -0.142. The Morgan fingerprint density at radius 2 is 2.10 bits per heavy atom. The van der Waals surface area contributed by atoms with Gasteiger partial charge in [0, 0.05) is 16.9 Å². The largest absolute Gasteiger partial charge is 0.481 e. The van der Waals surface area contributed by atoms with Crippen LogP contribution in [0.4, 0.5) is 0 Å². The smallest absolute Gasteiger partial charge is 0.309 e. The van der Waals surface area contributed by atoms with Crippen LogP contribution in [0.2, 0.25) is 0 Å². The third kappa shape index (κ3) is 2.24. The predicted octanol–water partition coefficient (Wildman–Crippen LogP) is 2.89. The summed E-state index contributed by atoms with van der Waals surface area (Å²) in [4.78, 5) is 25.5. The van der Waals surface area contributed by atoms with Gasteiger partial charge in [-0.2, -0.15) is 0 Å². The van der Waals surface area contributed by atoms with E-state index in [1.807, 2.05) is 25.1 Å². The standard InChI is InChI=1S/C15H16BrNO3/c1-8-2-5-10(12(16)6-8)14-11(15(19)20)7-13(18)17(14)9-3-4-9/h2,5-6,9,11,14H,3-4,7H2,1H3,(H,19,20). The maximum absolute atomic E-state index is 12.2. The molecule has 3 rings (SSSR count). The Hall–Kier alpha value is -1.36. The molecule has 1 saturated carbocycles. The molecule has 4 nitrogen and oxygen atoms in total. The van der Waals surface area contributed by atoms with E-state index in [1.54, 1.807) is 4.90 Å². The average Bonchev–Trinajstić information content (AvgIpc) is 3.13. The van der Waals surface area contributed by atoms with Gasteiger partial charge in [0.1, 0.15) is 0 Å². The van der Waals surface area contributed by atoms with Crippen molar-refractivity contribution in [1.82, 2.24) is 4.90 Å². The summed E-state index contributed by atoms with van der Waals surface area (Å²) >= 11 is 3.52. The highest BCUT2D eigenvalue weighted by atomic mass is 79.9. The highest BCUT2D eigenvalue weighted by molar-refractivity contribution is 9.10. The molecule has 0 aromatic heterocycles. The molecule has 0 radical (unpaired) electrons. The Morgan fingerprint density at radius 1 is 1.40 bits per heavy atom. The molecule has 1 N–H and O–H groups in total. The lowest BCUT2D eigenvalue weighted by Crippen LogP contribution is -2.32. The molecule has 1 heterocycles. The number of benzene rings is 1. The number of aryl methyl sites for hydroxylation is 1. The number of carbonyl (C=O) groups excluding carboxylic acids is 1. The molecule has 1 aliphatic carbocycles. The van der Waals surface area contributed by atoms with Crippen molar-refractivity contribution in [2.75, 3.05) is 0 Å². The Balaban J connectivity index is 2.05. The Kier molecular flexibility index (Phi) is 3.32. The van der Waals surface area contributed by atoms with Gasteiger partial charge < -0.3 is 10.0 Å². The minimum absolute atomic E-state index is 0.0302. The summed E-state index contributed by atoms with van der Waals surface area (Å²) in [6.07, 6.45) is 2.08. The number of halogens is 1. The van der Waals surface area contributed by atoms with Crippen LogP contribution in [0.3, 0.4) is 0 Å². The fraction of sp³-hybridized carbons (Fsp3) is 0.467. The van der Waals surface area contributed by atoms with E-state index >= 15 is 0 Å². The first-order chi connectivity index (χ1) is 9.49. The van der Waals surface area contributed by atoms with Crippen LogP contribution in [0.5, 0.6) is 0 Å². The highest BCUT2D eigenvalue weighted by Crippen LogP contribution is 2.46. The molecule has 2 unspecified atom stereocenters. The van der Waals surface area contributed by atoms with Crippen LogP contribution in [-0.4, -0.2) is 27.9 Å². The molecule has 2 fully saturated rings. The average molecular weight is 338 g/mol. The van der Waals surface area contributed by atoms with Crippen LogP contribution in [0.15, 0.2) is 22.7 Å². The van der Waals surface area contributed by atoms with Gasteiger partial charge in [0.25, 0.3) is 0 Å². The Labute approximate surface area is 125 Å². The number of rotatable bonds is 3. The Morgan fingerprint density at radius 3 is 2.65 bits per heavy atom. The molecule has 1 amide bonds. The topological polar surface area (TPSA) is 57.6 Å². The molecule has 1 aromatic rings. The maximum atomic E-state index is 12.2. The molecular weight excluding hydrogens is 322 g/mol. The number of carboxylic acids is 1. The molecule has 0 bridgehead atoms.